The monoisotopic (exact) mass is 187 g/mol. The summed E-state index contributed by atoms with van der Waals surface area (Å²) in [5.41, 5.74) is 2.88. The molecule has 0 amide bonds. The van der Waals surface area contributed by atoms with Gasteiger partial charge in [0.15, 0.2) is 0 Å². The van der Waals surface area contributed by atoms with Gasteiger partial charge >= 0.3 is 0 Å². The van der Waals surface area contributed by atoms with E-state index in [2.05, 4.69) is 24.4 Å². The average Bonchev–Trinajstić information content (AvgIpc) is 2.15. The van der Waals surface area contributed by atoms with E-state index in [0.29, 0.717) is 12.0 Å². The van der Waals surface area contributed by atoms with Gasteiger partial charge in [0.25, 0.3) is 0 Å². The fraction of sp³-hybridized carbons (Fsp3) is 1.00. The number of nitrogens with zero attached hydrogens (tertiary/aromatic N) is 1. The van der Waals surface area contributed by atoms with E-state index in [1.807, 2.05) is 0 Å². The standard InChI is InChI=1S/C9H21N3O/c1-12(2)6-9(11-10)8-4-3-5-13-7-8/h8-9,11H,3-7,10H2,1-2H3. The third-order valence-corrected chi connectivity index (χ3v) is 2.54. The van der Waals surface area contributed by atoms with E-state index in [4.69, 9.17) is 10.6 Å². The summed E-state index contributed by atoms with van der Waals surface area (Å²) < 4.78 is 5.43. The third-order valence-electron chi connectivity index (χ3n) is 2.54. The van der Waals surface area contributed by atoms with Gasteiger partial charge in [0.2, 0.25) is 0 Å². The molecule has 1 fully saturated rings. The second-order valence-corrected chi connectivity index (χ2v) is 4.01. The van der Waals surface area contributed by atoms with Crippen LogP contribution in [0.25, 0.3) is 0 Å². The number of likely N-dealkylation sites (N-methyl/N-ethyl adjacent to an activating group) is 1. The first kappa shape index (κ1) is 10.9. The van der Waals surface area contributed by atoms with Crippen LogP contribution in [0, 0.1) is 5.92 Å². The summed E-state index contributed by atoms with van der Waals surface area (Å²) >= 11 is 0. The van der Waals surface area contributed by atoms with Crippen LogP contribution in [-0.4, -0.2) is 44.8 Å². The van der Waals surface area contributed by atoms with Gasteiger partial charge in [0.1, 0.15) is 0 Å². The van der Waals surface area contributed by atoms with Crippen LogP contribution < -0.4 is 11.3 Å². The maximum Gasteiger partial charge on any atom is 0.0510 e. The number of hydrogen-bond acceptors (Lipinski definition) is 4. The van der Waals surface area contributed by atoms with Crippen LogP contribution in [0.1, 0.15) is 12.8 Å². The number of rotatable bonds is 4. The zero-order valence-corrected chi connectivity index (χ0v) is 8.62. The van der Waals surface area contributed by atoms with Gasteiger partial charge in [-0.3, -0.25) is 11.3 Å². The van der Waals surface area contributed by atoms with Gasteiger partial charge in [0, 0.05) is 25.1 Å². The Bertz CT molecular complexity index is 135. The van der Waals surface area contributed by atoms with E-state index >= 15 is 0 Å². The highest BCUT2D eigenvalue weighted by molar-refractivity contribution is 4.78. The van der Waals surface area contributed by atoms with Crippen LogP contribution in [0.3, 0.4) is 0 Å². The van der Waals surface area contributed by atoms with Crippen molar-refractivity contribution in [1.29, 1.82) is 0 Å². The molecule has 0 aromatic rings. The first-order valence-corrected chi connectivity index (χ1v) is 4.92. The molecule has 13 heavy (non-hydrogen) atoms. The zero-order valence-electron chi connectivity index (χ0n) is 8.62. The molecule has 78 valence electrons. The molecule has 4 nitrogen and oxygen atoms in total. The first-order chi connectivity index (χ1) is 6.24. The summed E-state index contributed by atoms with van der Waals surface area (Å²) in [5, 5.41) is 0. The zero-order chi connectivity index (χ0) is 9.68. The first-order valence-electron chi connectivity index (χ1n) is 4.92. The lowest BCUT2D eigenvalue weighted by Gasteiger charge is -2.31. The van der Waals surface area contributed by atoms with E-state index in [0.717, 1.165) is 26.2 Å². The molecule has 0 aliphatic carbocycles. The molecule has 2 atom stereocenters. The summed E-state index contributed by atoms with van der Waals surface area (Å²) in [7, 11) is 4.13. The van der Waals surface area contributed by atoms with Gasteiger partial charge in [-0.15, -0.1) is 0 Å². The number of nitrogens with one attached hydrogen (secondary N) is 1. The Morgan fingerprint density at radius 3 is 2.85 bits per heavy atom. The quantitative estimate of drug-likeness (QED) is 0.473. The molecule has 0 radical (unpaired) electrons. The summed E-state index contributed by atoms with van der Waals surface area (Å²) in [5.74, 6) is 6.09. The maximum atomic E-state index is 5.52. The van der Waals surface area contributed by atoms with Crippen LogP contribution in [-0.2, 0) is 4.74 Å². The minimum Gasteiger partial charge on any atom is -0.381 e. The van der Waals surface area contributed by atoms with Gasteiger partial charge in [0.05, 0.1) is 6.61 Å². The SMILES string of the molecule is CN(C)CC(NN)C1CCCOC1. The highest BCUT2D eigenvalue weighted by Gasteiger charge is 2.23. The highest BCUT2D eigenvalue weighted by atomic mass is 16.5. The molecule has 0 aromatic heterocycles. The number of nitrogens with two attached hydrogens (primary N) is 1. The van der Waals surface area contributed by atoms with E-state index < -0.39 is 0 Å². The van der Waals surface area contributed by atoms with Gasteiger partial charge in [-0.1, -0.05) is 0 Å². The fourth-order valence-corrected chi connectivity index (χ4v) is 1.81. The predicted octanol–water partition coefficient (Wildman–Crippen LogP) is -0.193. The summed E-state index contributed by atoms with van der Waals surface area (Å²) in [6.45, 7) is 2.74. The molecule has 4 heteroatoms. The molecule has 1 aliphatic heterocycles. The van der Waals surface area contributed by atoms with Crippen molar-refractivity contribution in [2.24, 2.45) is 11.8 Å². The number of hydrazine groups is 1. The highest BCUT2D eigenvalue weighted by Crippen LogP contribution is 2.17. The lowest BCUT2D eigenvalue weighted by Crippen LogP contribution is -2.49. The molecule has 1 heterocycles. The second-order valence-electron chi connectivity index (χ2n) is 4.01. The van der Waals surface area contributed by atoms with Crippen molar-refractivity contribution >= 4 is 0 Å². The fourth-order valence-electron chi connectivity index (χ4n) is 1.81. The van der Waals surface area contributed by atoms with Crippen molar-refractivity contribution < 1.29 is 4.74 Å². The maximum absolute atomic E-state index is 5.52. The average molecular weight is 187 g/mol. The Hall–Kier alpha value is -0.160. The Labute approximate surface area is 80.4 Å². The Balaban J connectivity index is 2.34. The van der Waals surface area contributed by atoms with E-state index in [1.165, 1.54) is 6.42 Å². The van der Waals surface area contributed by atoms with Gasteiger partial charge in [-0.25, -0.2) is 0 Å². The molecule has 3 N–H and O–H groups in total. The molecule has 0 bridgehead atoms. The minimum atomic E-state index is 0.357. The number of hydrogen-bond donors (Lipinski definition) is 2. The van der Waals surface area contributed by atoms with Crippen molar-refractivity contribution in [2.45, 2.75) is 18.9 Å². The molecule has 1 aliphatic rings. The van der Waals surface area contributed by atoms with Crippen molar-refractivity contribution in [2.75, 3.05) is 33.9 Å². The van der Waals surface area contributed by atoms with Crippen LogP contribution in [0.4, 0.5) is 0 Å². The van der Waals surface area contributed by atoms with Crippen LogP contribution in [0.15, 0.2) is 0 Å². The van der Waals surface area contributed by atoms with Crippen LogP contribution in [0.5, 0.6) is 0 Å². The second kappa shape index (κ2) is 5.54. The van der Waals surface area contributed by atoms with Gasteiger partial charge in [-0.2, -0.15) is 0 Å². The normalized spacial score (nSPS) is 26.3. The molecule has 1 saturated heterocycles. The summed E-state index contributed by atoms with van der Waals surface area (Å²) in [6, 6.07) is 0.357. The van der Waals surface area contributed by atoms with Crippen molar-refractivity contribution in [3.8, 4) is 0 Å². The van der Waals surface area contributed by atoms with Crippen molar-refractivity contribution in [3.63, 3.8) is 0 Å². The largest absolute Gasteiger partial charge is 0.381 e. The Kier molecular flexibility index (Phi) is 4.66. The van der Waals surface area contributed by atoms with Gasteiger partial charge < -0.3 is 9.64 Å². The molecule has 1 rings (SSSR count). The Morgan fingerprint density at radius 2 is 2.38 bits per heavy atom. The molecule has 2 unspecified atom stereocenters. The molecule has 0 saturated carbocycles. The summed E-state index contributed by atoms with van der Waals surface area (Å²) in [4.78, 5) is 2.15. The van der Waals surface area contributed by atoms with E-state index in [1.54, 1.807) is 0 Å². The van der Waals surface area contributed by atoms with Crippen LogP contribution in [0.2, 0.25) is 0 Å². The molecule has 0 spiro atoms. The predicted molar refractivity (Wildman–Crippen MR) is 53.2 cm³/mol. The molecular weight excluding hydrogens is 166 g/mol. The van der Waals surface area contributed by atoms with E-state index in [9.17, 15) is 0 Å². The lowest BCUT2D eigenvalue weighted by atomic mass is 9.94. The Morgan fingerprint density at radius 1 is 1.62 bits per heavy atom. The van der Waals surface area contributed by atoms with Crippen LogP contribution >= 0.6 is 0 Å². The molecular formula is C9H21N3O. The van der Waals surface area contributed by atoms with E-state index in [-0.39, 0.29) is 0 Å². The molecule has 0 aromatic carbocycles. The summed E-state index contributed by atoms with van der Waals surface area (Å²) in [6.07, 6.45) is 2.39. The third kappa shape index (κ3) is 3.60. The smallest absolute Gasteiger partial charge is 0.0510 e. The lowest BCUT2D eigenvalue weighted by molar-refractivity contribution is 0.0351. The van der Waals surface area contributed by atoms with Crippen molar-refractivity contribution in [1.82, 2.24) is 10.3 Å². The topological polar surface area (TPSA) is 50.5 Å². The van der Waals surface area contributed by atoms with Crippen molar-refractivity contribution in [3.05, 3.63) is 0 Å². The van der Waals surface area contributed by atoms with Gasteiger partial charge in [-0.05, 0) is 26.9 Å². The number of ether oxygens (including phenoxy) is 1. The minimum absolute atomic E-state index is 0.357.